The smallest absolute Gasteiger partial charge is 0.272 e. The molecule has 0 unspecified atom stereocenters. The molecule has 1 saturated heterocycles. The van der Waals surface area contributed by atoms with E-state index in [1.54, 1.807) is 41.3 Å². The minimum absolute atomic E-state index is 0.0663. The molecule has 2 fully saturated rings. The molecule has 1 N–H and O–H groups in total. The number of fused-ring (bicyclic) bond motifs is 1. The molecule has 2 aliphatic rings. The van der Waals surface area contributed by atoms with Gasteiger partial charge in [-0.2, -0.15) is 4.80 Å². The molecule has 218 valence electrons. The number of aryl methyl sites for hydroxylation is 1. The van der Waals surface area contributed by atoms with Gasteiger partial charge in [0, 0.05) is 30.5 Å². The normalized spacial score (nSPS) is 19.3. The van der Waals surface area contributed by atoms with Crippen LogP contribution in [0.4, 0.5) is 10.1 Å². The second-order valence-corrected chi connectivity index (χ2v) is 11.1. The van der Waals surface area contributed by atoms with Gasteiger partial charge >= 0.3 is 0 Å². The number of nitrogens with zero attached hydrogens (tertiary/aromatic N) is 7. The first-order chi connectivity index (χ1) is 20.9. The zero-order valence-electron chi connectivity index (χ0n) is 23.4. The maximum absolute atomic E-state index is 13.5. The molecule has 0 radical (unpaired) electrons. The molecule has 4 heterocycles. The van der Waals surface area contributed by atoms with Crippen molar-refractivity contribution in [1.29, 1.82) is 0 Å². The van der Waals surface area contributed by atoms with Crippen molar-refractivity contribution in [2.75, 3.05) is 18.4 Å². The molecule has 0 bridgehead atoms. The summed E-state index contributed by atoms with van der Waals surface area (Å²) in [4.78, 5) is 38.1. The first-order valence-electron chi connectivity index (χ1n) is 14.4. The number of benzene rings is 2. The quantitative estimate of drug-likeness (QED) is 0.295. The van der Waals surface area contributed by atoms with E-state index in [0.29, 0.717) is 52.8 Å². The molecule has 43 heavy (non-hydrogen) atoms. The number of likely N-dealkylation sites (tertiary alicyclic amines) is 1. The number of amides is 2. The summed E-state index contributed by atoms with van der Waals surface area (Å²) in [5, 5.41) is 15.6. The van der Waals surface area contributed by atoms with Crippen molar-refractivity contribution in [3.63, 3.8) is 0 Å². The van der Waals surface area contributed by atoms with Gasteiger partial charge in [0.25, 0.3) is 5.91 Å². The first kappa shape index (κ1) is 26.9. The maximum Gasteiger partial charge on any atom is 0.272 e. The third kappa shape index (κ3) is 5.47. The van der Waals surface area contributed by atoms with Crippen LogP contribution in [-0.2, 0) is 4.79 Å². The third-order valence-electron chi connectivity index (χ3n) is 8.12. The molecular weight excluding hydrogens is 551 g/mol. The highest BCUT2D eigenvalue weighted by Crippen LogP contribution is 2.36. The van der Waals surface area contributed by atoms with Gasteiger partial charge in [0.2, 0.25) is 11.8 Å². The Kier molecular flexibility index (Phi) is 6.88. The fourth-order valence-electron chi connectivity index (χ4n) is 5.72. The van der Waals surface area contributed by atoms with Crippen LogP contribution in [0.15, 0.2) is 71.3 Å². The van der Waals surface area contributed by atoms with Crippen molar-refractivity contribution in [2.45, 2.75) is 38.4 Å². The van der Waals surface area contributed by atoms with Crippen LogP contribution in [0.25, 0.3) is 22.6 Å². The number of piperidine rings is 1. The van der Waals surface area contributed by atoms with E-state index in [9.17, 15) is 14.0 Å². The number of carbonyl (C=O) groups excluding carboxylic acids is 2. The molecule has 5 aromatic rings. The molecule has 1 saturated carbocycles. The highest BCUT2D eigenvalue weighted by Gasteiger charge is 2.43. The summed E-state index contributed by atoms with van der Waals surface area (Å²) >= 11 is 0. The molecule has 2 aromatic carbocycles. The summed E-state index contributed by atoms with van der Waals surface area (Å²) in [6.45, 7) is 2.98. The van der Waals surface area contributed by atoms with Gasteiger partial charge in [0.15, 0.2) is 11.4 Å². The highest BCUT2D eigenvalue weighted by atomic mass is 19.1. The molecule has 1 aliphatic heterocycles. The van der Waals surface area contributed by atoms with Crippen molar-refractivity contribution in [3.8, 4) is 11.5 Å². The molecule has 3 aromatic heterocycles. The average molecular weight is 581 g/mol. The van der Waals surface area contributed by atoms with Crippen molar-refractivity contribution in [1.82, 2.24) is 35.1 Å². The number of halogens is 1. The Morgan fingerprint density at radius 2 is 1.86 bits per heavy atom. The average Bonchev–Trinajstić information content (AvgIpc) is 3.39. The Morgan fingerprint density at radius 1 is 1.07 bits per heavy atom. The van der Waals surface area contributed by atoms with E-state index in [0.717, 1.165) is 18.4 Å². The van der Waals surface area contributed by atoms with Crippen molar-refractivity contribution in [2.24, 2.45) is 11.8 Å². The Balaban J connectivity index is 1.05. The van der Waals surface area contributed by atoms with Crippen molar-refractivity contribution in [3.05, 3.63) is 83.9 Å². The number of aromatic nitrogens is 6. The monoisotopic (exact) mass is 580 g/mol. The molecule has 0 spiro atoms. The van der Waals surface area contributed by atoms with Crippen LogP contribution >= 0.6 is 0 Å². The highest BCUT2D eigenvalue weighted by molar-refractivity contribution is 5.96. The number of carbonyl (C=O) groups is 2. The predicted octanol–water partition coefficient (Wildman–Crippen LogP) is 4.62. The summed E-state index contributed by atoms with van der Waals surface area (Å²) in [6.07, 6.45) is 2.33. The summed E-state index contributed by atoms with van der Waals surface area (Å²) in [5.41, 5.74) is 3.63. The van der Waals surface area contributed by atoms with E-state index in [1.807, 2.05) is 30.0 Å². The van der Waals surface area contributed by atoms with E-state index in [4.69, 9.17) is 4.42 Å². The van der Waals surface area contributed by atoms with Gasteiger partial charge in [-0.05, 0) is 73.2 Å². The van der Waals surface area contributed by atoms with Crippen LogP contribution in [-0.4, -0.2) is 66.2 Å². The van der Waals surface area contributed by atoms with E-state index in [-0.39, 0.29) is 30.2 Å². The number of pyridine rings is 1. The molecule has 3 atom stereocenters. The number of oxazole rings is 1. The lowest BCUT2D eigenvalue weighted by Crippen LogP contribution is -2.41. The standard InChI is InChI=1S/C31H29FN8O3/c1-18-36-38-40(37-18)28(19-5-3-2-4-6-19)20-10-13-39(14-11-20)31(42)26-15-21(9-12-33-26)30-35-25-16-22(7-8-27(25)43-30)34-29(41)23-17-24(23)32/h2-9,12,15-16,20,23-24,28H,10-11,13-14,17H2,1H3,(H,34,41)/t23-,24-,28-/m1/s1. The molecule has 11 nitrogen and oxygen atoms in total. The van der Waals surface area contributed by atoms with Gasteiger partial charge in [0.1, 0.15) is 23.4 Å². The van der Waals surface area contributed by atoms with E-state index in [1.165, 1.54) is 0 Å². The second-order valence-electron chi connectivity index (χ2n) is 11.1. The van der Waals surface area contributed by atoms with Crippen LogP contribution in [0.2, 0.25) is 0 Å². The lowest BCUT2D eigenvalue weighted by atomic mass is 9.85. The lowest BCUT2D eigenvalue weighted by molar-refractivity contribution is -0.117. The number of anilines is 1. The number of hydrogen-bond acceptors (Lipinski definition) is 8. The topological polar surface area (TPSA) is 132 Å². The first-order valence-corrected chi connectivity index (χ1v) is 14.4. The largest absolute Gasteiger partial charge is 0.436 e. The van der Waals surface area contributed by atoms with Crippen LogP contribution in [0.5, 0.6) is 0 Å². The van der Waals surface area contributed by atoms with Crippen LogP contribution < -0.4 is 5.32 Å². The Hall–Kier alpha value is -5.00. The molecule has 7 rings (SSSR count). The molecule has 1 aliphatic carbocycles. The zero-order valence-corrected chi connectivity index (χ0v) is 23.4. The molecule has 12 heteroatoms. The molecular formula is C31H29FN8O3. The van der Waals surface area contributed by atoms with Gasteiger partial charge in [-0.3, -0.25) is 14.6 Å². The van der Waals surface area contributed by atoms with Gasteiger partial charge in [0.05, 0.1) is 5.92 Å². The van der Waals surface area contributed by atoms with E-state index < -0.39 is 12.1 Å². The minimum atomic E-state index is -1.06. The van der Waals surface area contributed by atoms with Gasteiger partial charge in [-0.1, -0.05) is 30.3 Å². The van der Waals surface area contributed by atoms with Gasteiger partial charge in [-0.25, -0.2) is 9.37 Å². The van der Waals surface area contributed by atoms with Crippen molar-refractivity contribution < 1.29 is 18.4 Å². The van der Waals surface area contributed by atoms with E-state index in [2.05, 4.69) is 42.8 Å². The fraction of sp³-hybridized carbons (Fsp3) is 0.323. The number of nitrogens with one attached hydrogen (secondary N) is 1. The summed E-state index contributed by atoms with van der Waals surface area (Å²) in [5.74, 6) is 0.117. The Morgan fingerprint density at radius 3 is 2.58 bits per heavy atom. The zero-order chi connectivity index (χ0) is 29.5. The van der Waals surface area contributed by atoms with Gasteiger partial charge < -0.3 is 14.6 Å². The van der Waals surface area contributed by atoms with Gasteiger partial charge in [-0.15, -0.1) is 10.2 Å². The summed E-state index contributed by atoms with van der Waals surface area (Å²) in [7, 11) is 0. The SMILES string of the molecule is Cc1nnn([C@H](c2ccccc2)C2CCN(C(=O)c3cc(-c4nc5cc(NC(=O)[C@@H]6C[C@H]6F)ccc5o4)ccn3)CC2)n1. The third-order valence-corrected chi connectivity index (χ3v) is 8.12. The Labute approximate surface area is 246 Å². The maximum atomic E-state index is 13.5. The van der Waals surface area contributed by atoms with Crippen LogP contribution in [0.1, 0.15) is 47.2 Å². The van der Waals surface area contributed by atoms with Crippen molar-refractivity contribution >= 4 is 28.6 Å². The number of hydrogen-bond donors (Lipinski definition) is 1. The summed E-state index contributed by atoms with van der Waals surface area (Å²) < 4.78 is 19.2. The second kappa shape index (κ2) is 11.0. The Bertz CT molecular complexity index is 1800. The van der Waals surface area contributed by atoms with E-state index >= 15 is 0 Å². The fourth-order valence-corrected chi connectivity index (χ4v) is 5.72. The number of tetrazole rings is 1. The summed E-state index contributed by atoms with van der Waals surface area (Å²) in [6, 6.07) is 18.6. The number of rotatable bonds is 7. The lowest BCUT2D eigenvalue weighted by Gasteiger charge is -2.35. The minimum Gasteiger partial charge on any atom is -0.436 e. The predicted molar refractivity (Wildman–Crippen MR) is 155 cm³/mol. The van der Waals surface area contributed by atoms with Crippen LogP contribution in [0.3, 0.4) is 0 Å². The van der Waals surface area contributed by atoms with Crippen LogP contribution in [0, 0.1) is 18.8 Å². The molecule has 2 amide bonds. The number of alkyl halides is 1.